The van der Waals surface area contributed by atoms with Crippen LogP contribution in [0, 0.1) is 5.92 Å². The fraction of sp³-hybridized carbons (Fsp3) is 0.812. The zero-order valence-corrected chi connectivity index (χ0v) is 12.1. The molecule has 2 heterocycles. The lowest BCUT2D eigenvalue weighted by Gasteiger charge is -2.31. The summed E-state index contributed by atoms with van der Waals surface area (Å²) in [5.74, 6) is 0.509. The van der Waals surface area contributed by atoms with Gasteiger partial charge >= 0.3 is 0 Å². The van der Waals surface area contributed by atoms with Crippen LogP contribution in [0.15, 0.2) is 12.5 Å². The lowest BCUT2D eigenvalue weighted by molar-refractivity contribution is 0.0710. The molecule has 0 amide bonds. The van der Waals surface area contributed by atoms with Crippen molar-refractivity contribution in [3.63, 3.8) is 0 Å². The minimum Gasteiger partial charge on any atom is -0.393 e. The van der Waals surface area contributed by atoms with E-state index in [4.69, 9.17) is 0 Å². The highest BCUT2D eigenvalue weighted by atomic mass is 16.3. The molecule has 4 rings (SSSR count). The number of nitrogens with zero attached hydrogens (tertiary/aromatic N) is 3. The number of hydrogen-bond donors (Lipinski definition) is 1. The van der Waals surface area contributed by atoms with E-state index in [2.05, 4.69) is 14.5 Å². The molecule has 1 N–H and O–H groups in total. The van der Waals surface area contributed by atoms with Crippen molar-refractivity contribution >= 4 is 0 Å². The predicted molar refractivity (Wildman–Crippen MR) is 77.3 cm³/mol. The van der Waals surface area contributed by atoms with Crippen molar-refractivity contribution < 1.29 is 5.11 Å². The molecule has 1 aromatic heterocycles. The van der Waals surface area contributed by atoms with Crippen molar-refractivity contribution in [2.75, 3.05) is 6.54 Å². The van der Waals surface area contributed by atoms with E-state index in [-0.39, 0.29) is 6.10 Å². The molecule has 110 valence electrons. The molecular weight excluding hydrogens is 250 g/mol. The third kappa shape index (κ3) is 2.29. The molecule has 4 heteroatoms. The van der Waals surface area contributed by atoms with Gasteiger partial charge in [0.05, 0.1) is 18.1 Å². The number of likely N-dealkylation sites (tertiary alicyclic amines) is 1. The van der Waals surface area contributed by atoms with Gasteiger partial charge in [-0.1, -0.05) is 6.42 Å². The second-order valence-corrected chi connectivity index (χ2v) is 6.87. The maximum Gasteiger partial charge on any atom is 0.0951 e. The first-order chi connectivity index (χ1) is 9.83. The summed E-state index contributed by atoms with van der Waals surface area (Å²) in [6, 6.07) is 1.31. The van der Waals surface area contributed by atoms with E-state index in [9.17, 15) is 5.11 Å². The van der Waals surface area contributed by atoms with Crippen molar-refractivity contribution in [2.45, 2.75) is 69.7 Å². The Bertz CT molecular complexity index is 468. The molecule has 0 aromatic carbocycles. The molecule has 0 radical (unpaired) electrons. The van der Waals surface area contributed by atoms with Gasteiger partial charge in [0.1, 0.15) is 0 Å². The monoisotopic (exact) mass is 275 g/mol. The van der Waals surface area contributed by atoms with Crippen LogP contribution in [0.3, 0.4) is 0 Å². The summed E-state index contributed by atoms with van der Waals surface area (Å²) in [6.07, 6.45) is 12.6. The van der Waals surface area contributed by atoms with E-state index in [1.807, 2.05) is 12.5 Å². The Morgan fingerprint density at radius 1 is 1.15 bits per heavy atom. The lowest BCUT2D eigenvalue weighted by atomic mass is 9.94. The maximum absolute atomic E-state index is 10.2. The summed E-state index contributed by atoms with van der Waals surface area (Å²) in [7, 11) is 0. The third-order valence-electron chi connectivity index (χ3n) is 5.49. The molecule has 3 atom stereocenters. The van der Waals surface area contributed by atoms with E-state index in [0.29, 0.717) is 18.0 Å². The van der Waals surface area contributed by atoms with Gasteiger partial charge in [-0.25, -0.2) is 4.98 Å². The Kier molecular flexibility index (Phi) is 3.31. The molecule has 1 aromatic rings. The number of aromatic nitrogens is 2. The summed E-state index contributed by atoms with van der Waals surface area (Å²) < 4.78 is 2.38. The van der Waals surface area contributed by atoms with Gasteiger partial charge in [0.2, 0.25) is 0 Å². The van der Waals surface area contributed by atoms with Crippen LogP contribution in [-0.2, 0) is 6.54 Å². The van der Waals surface area contributed by atoms with Crippen molar-refractivity contribution in [1.29, 1.82) is 0 Å². The molecule has 1 aliphatic heterocycles. The Hall–Kier alpha value is -0.870. The Balaban J connectivity index is 1.48. The van der Waals surface area contributed by atoms with Crippen molar-refractivity contribution in [3.8, 4) is 0 Å². The van der Waals surface area contributed by atoms with Crippen LogP contribution in [0.1, 0.15) is 56.7 Å². The number of aliphatic hydroxyl groups is 1. The Morgan fingerprint density at radius 3 is 2.80 bits per heavy atom. The van der Waals surface area contributed by atoms with Gasteiger partial charge in [-0.05, 0) is 45.1 Å². The summed E-state index contributed by atoms with van der Waals surface area (Å²) in [5.41, 5.74) is 1.37. The van der Waals surface area contributed by atoms with Crippen LogP contribution in [0.2, 0.25) is 0 Å². The standard InChI is InChI=1S/C16H25N3O/c20-16-5-1-3-14(16)15-4-2-8-18(15)10-13-9-17-11-19(13)12-6-7-12/h9,11-12,14-16,20H,1-8,10H2. The van der Waals surface area contributed by atoms with Crippen LogP contribution in [0.4, 0.5) is 0 Å². The largest absolute Gasteiger partial charge is 0.393 e. The van der Waals surface area contributed by atoms with E-state index in [0.717, 1.165) is 13.0 Å². The van der Waals surface area contributed by atoms with Crippen LogP contribution in [-0.4, -0.2) is 38.2 Å². The SMILES string of the molecule is OC1CCCC1C1CCCN1Cc1cncn1C1CC1. The first-order valence-corrected chi connectivity index (χ1v) is 8.26. The zero-order chi connectivity index (χ0) is 13.5. The smallest absolute Gasteiger partial charge is 0.0951 e. The molecule has 20 heavy (non-hydrogen) atoms. The van der Waals surface area contributed by atoms with Gasteiger partial charge in [-0.3, -0.25) is 4.90 Å². The first-order valence-electron chi connectivity index (χ1n) is 8.26. The highest BCUT2D eigenvalue weighted by Crippen LogP contribution is 2.38. The van der Waals surface area contributed by atoms with Gasteiger partial charge in [0, 0.05) is 30.7 Å². The Morgan fingerprint density at radius 2 is 2.05 bits per heavy atom. The minimum atomic E-state index is -0.0612. The van der Waals surface area contributed by atoms with Gasteiger partial charge in [0.25, 0.3) is 0 Å². The number of aliphatic hydroxyl groups excluding tert-OH is 1. The average Bonchev–Trinajstić information content (AvgIpc) is 2.86. The summed E-state index contributed by atoms with van der Waals surface area (Å²) in [5, 5.41) is 10.2. The van der Waals surface area contributed by atoms with E-state index >= 15 is 0 Å². The van der Waals surface area contributed by atoms with Gasteiger partial charge < -0.3 is 9.67 Å². The zero-order valence-electron chi connectivity index (χ0n) is 12.1. The highest BCUT2D eigenvalue weighted by molar-refractivity contribution is 5.05. The molecular formula is C16H25N3O. The van der Waals surface area contributed by atoms with Crippen molar-refractivity contribution in [3.05, 3.63) is 18.2 Å². The summed E-state index contributed by atoms with van der Waals surface area (Å²) in [6.45, 7) is 2.20. The topological polar surface area (TPSA) is 41.3 Å². The molecule has 2 saturated carbocycles. The van der Waals surface area contributed by atoms with Crippen LogP contribution in [0.5, 0.6) is 0 Å². The first kappa shape index (κ1) is 12.8. The molecule has 4 nitrogen and oxygen atoms in total. The van der Waals surface area contributed by atoms with Crippen molar-refractivity contribution in [2.24, 2.45) is 5.92 Å². The lowest BCUT2D eigenvalue weighted by Crippen LogP contribution is -2.38. The average molecular weight is 275 g/mol. The van der Waals surface area contributed by atoms with Gasteiger partial charge in [0.15, 0.2) is 0 Å². The van der Waals surface area contributed by atoms with E-state index in [1.54, 1.807) is 0 Å². The van der Waals surface area contributed by atoms with Crippen LogP contribution in [0.25, 0.3) is 0 Å². The highest BCUT2D eigenvalue weighted by Gasteiger charge is 2.38. The maximum atomic E-state index is 10.2. The minimum absolute atomic E-state index is 0.0612. The molecule has 1 saturated heterocycles. The number of imidazole rings is 1. The van der Waals surface area contributed by atoms with E-state index < -0.39 is 0 Å². The normalized spacial score (nSPS) is 35.0. The molecule has 0 bridgehead atoms. The van der Waals surface area contributed by atoms with Crippen LogP contribution < -0.4 is 0 Å². The van der Waals surface area contributed by atoms with Crippen LogP contribution >= 0.6 is 0 Å². The van der Waals surface area contributed by atoms with Crippen molar-refractivity contribution in [1.82, 2.24) is 14.5 Å². The molecule has 3 unspecified atom stereocenters. The second kappa shape index (κ2) is 5.15. The summed E-state index contributed by atoms with van der Waals surface area (Å²) in [4.78, 5) is 6.96. The third-order valence-corrected chi connectivity index (χ3v) is 5.49. The van der Waals surface area contributed by atoms with Gasteiger partial charge in [-0.2, -0.15) is 0 Å². The second-order valence-electron chi connectivity index (χ2n) is 6.87. The fourth-order valence-corrected chi connectivity index (χ4v) is 4.30. The quantitative estimate of drug-likeness (QED) is 0.917. The van der Waals surface area contributed by atoms with Gasteiger partial charge in [-0.15, -0.1) is 0 Å². The Labute approximate surface area is 120 Å². The number of hydrogen-bond acceptors (Lipinski definition) is 3. The molecule has 2 aliphatic carbocycles. The summed E-state index contributed by atoms with van der Waals surface area (Å²) >= 11 is 0. The fourth-order valence-electron chi connectivity index (χ4n) is 4.30. The number of rotatable bonds is 4. The molecule has 3 fully saturated rings. The molecule has 0 spiro atoms. The van der Waals surface area contributed by atoms with E-state index in [1.165, 1.54) is 50.8 Å². The predicted octanol–water partition coefficient (Wildman–Crippen LogP) is 2.34. The molecule has 3 aliphatic rings.